The summed E-state index contributed by atoms with van der Waals surface area (Å²) in [7, 11) is 0. The standard InChI is InChI=1S/C23H19N3O6/c27-22(24-16-7-2-1-3-8-16)18-9-4-5-10-20(18)31-14-6-13-25-19-15-17(26(29)30)11-12-21(19)32-23(25)28/h1-5,7-12,15H,6,13-14H2,(H,24,27). The van der Waals surface area contributed by atoms with Gasteiger partial charge in [-0.05, 0) is 36.8 Å². The van der Waals surface area contributed by atoms with Crippen molar-refractivity contribution in [2.45, 2.75) is 13.0 Å². The van der Waals surface area contributed by atoms with Gasteiger partial charge in [-0.15, -0.1) is 0 Å². The number of fused-ring (bicyclic) bond motifs is 1. The second-order valence-corrected chi connectivity index (χ2v) is 6.95. The van der Waals surface area contributed by atoms with Gasteiger partial charge in [-0.1, -0.05) is 30.3 Å². The second-order valence-electron chi connectivity index (χ2n) is 6.95. The molecule has 1 N–H and O–H groups in total. The summed E-state index contributed by atoms with van der Waals surface area (Å²) in [5.74, 6) is -0.472. The minimum absolute atomic E-state index is 0.123. The summed E-state index contributed by atoms with van der Waals surface area (Å²) in [5.41, 5.74) is 1.57. The van der Waals surface area contributed by atoms with E-state index in [1.807, 2.05) is 18.2 Å². The summed E-state index contributed by atoms with van der Waals surface area (Å²) in [6, 6.07) is 20.0. The quantitative estimate of drug-likeness (QED) is 0.253. The van der Waals surface area contributed by atoms with E-state index in [4.69, 9.17) is 9.15 Å². The molecular formula is C23H19N3O6. The van der Waals surface area contributed by atoms with Crippen LogP contribution in [0.3, 0.4) is 0 Å². The molecule has 1 aromatic heterocycles. The van der Waals surface area contributed by atoms with Crippen LogP contribution < -0.4 is 15.8 Å². The summed E-state index contributed by atoms with van der Waals surface area (Å²) in [6.45, 7) is 0.467. The Morgan fingerprint density at radius 3 is 2.59 bits per heavy atom. The van der Waals surface area contributed by atoms with Crippen molar-refractivity contribution in [2.24, 2.45) is 0 Å². The van der Waals surface area contributed by atoms with Crippen molar-refractivity contribution >= 4 is 28.4 Å². The molecule has 3 aromatic carbocycles. The van der Waals surface area contributed by atoms with Crippen molar-refractivity contribution < 1.29 is 18.9 Å². The van der Waals surface area contributed by atoms with Gasteiger partial charge < -0.3 is 14.5 Å². The predicted molar refractivity (Wildman–Crippen MR) is 118 cm³/mol. The maximum atomic E-state index is 12.6. The highest BCUT2D eigenvalue weighted by Crippen LogP contribution is 2.22. The molecule has 0 saturated heterocycles. The molecule has 1 heterocycles. The van der Waals surface area contributed by atoms with Gasteiger partial charge in [0.05, 0.1) is 22.6 Å². The van der Waals surface area contributed by atoms with Crippen molar-refractivity contribution in [1.82, 2.24) is 4.57 Å². The summed E-state index contributed by atoms with van der Waals surface area (Å²) in [4.78, 5) is 35.3. The number of rotatable bonds is 8. The van der Waals surface area contributed by atoms with Crippen molar-refractivity contribution in [2.75, 3.05) is 11.9 Å². The van der Waals surface area contributed by atoms with Gasteiger partial charge >= 0.3 is 5.76 Å². The predicted octanol–water partition coefficient (Wildman–Crippen LogP) is 4.22. The van der Waals surface area contributed by atoms with Crippen LogP contribution in [0.25, 0.3) is 11.1 Å². The largest absolute Gasteiger partial charge is 0.493 e. The van der Waals surface area contributed by atoms with Gasteiger partial charge in [0.25, 0.3) is 11.6 Å². The van der Waals surface area contributed by atoms with E-state index in [0.717, 1.165) is 0 Å². The zero-order valence-electron chi connectivity index (χ0n) is 16.9. The molecule has 0 aliphatic heterocycles. The van der Waals surface area contributed by atoms with Gasteiger partial charge in [-0.3, -0.25) is 19.5 Å². The van der Waals surface area contributed by atoms with Crippen LogP contribution in [0, 0.1) is 10.1 Å². The van der Waals surface area contributed by atoms with Gasteiger partial charge in [0.15, 0.2) is 5.58 Å². The fourth-order valence-corrected chi connectivity index (χ4v) is 3.28. The minimum atomic E-state index is -0.594. The maximum absolute atomic E-state index is 12.6. The number of nitrogens with zero attached hydrogens (tertiary/aromatic N) is 2. The van der Waals surface area contributed by atoms with E-state index >= 15 is 0 Å². The van der Waals surface area contributed by atoms with Crippen LogP contribution in [-0.4, -0.2) is 22.0 Å². The summed E-state index contributed by atoms with van der Waals surface area (Å²) in [6.07, 6.45) is 0.422. The number of ether oxygens (including phenoxy) is 1. The van der Waals surface area contributed by atoms with E-state index in [-0.39, 0.29) is 30.3 Å². The molecule has 4 rings (SSSR count). The number of carbonyl (C=O) groups is 1. The number of aryl methyl sites for hydroxylation is 1. The Kier molecular flexibility index (Phi) is 5.98. The van der Waals surface area contributed by atoms with Crippen LogP contribution in [-0.2, 0) is 6.54 Å². The molecule has 0 spiro atoms. The maximum Gasteiger partial charge on any atom is 0.419 e. The molecule has 9 heteroatoms. The fraction of sp³-hybridized carbons (Fsp3) is 0.130. The Balaban J connectivity index is 1.42. The van der Waals surface area contributed by atoms with Crippen LogP contribution in [0.1, 0.15) is 16.8 Å². The van der Waals surface area contributed by atoms with Crippen LogP contribution in [0.5, 0.6) is 5.75 Å². The molecule has 0 bridgehead atoms. The Morgan fingerprint density at radius 1 is 1.06 bits per heavy atom. The van der Waals surface area contributed by atoms with Gasteiger partial charge in [-0.2, -0.15) is 0 Å². The lowest BCUT2D eigenvalue weighted by atomic mass is 10.2. The van der Waals surface area contributed by atoms with E-state index in [1.54, 1.807) is 36.4 Å². The lowest BCUT2D eigenvalue weighted by Crippen LogP contribution is -2.17. The Bertz CT molecular complexity index is 1330. The number of para-hydroxylation sites is 2. The van der Waals surface area contributed by atoms with Crippen molar-refractivity contribution in [3.05, 3.63) is 99.0 Å². The molecule has 9 nitrogen and oxygen atoms in total. The number of benzene rings is 3. The number of oxazole rings is 1. The van der Waals surface area contributed by atoms with Crippen LogP contribution in [0.2, 0.25) is 0 Å². The third-order valence-electron chi connectivity index (χ3n) is 4.81. The Labute approximate surface area is 182 Å². The fourth-order valence-electron chi connectivity index (χ4n) is 3.28. The van der Waals surface area contributed by atoms with E-state index in [2.05, 4.69) is 5.32 Å². The topological polar surface area (TPSA) is 117 Å². The zero-order valence-corrected chi connectivity index (χ0v) is 16.9. The summed E-state index contributed by atoms with van der Waals surface area (Å²) >= 11 is 0. The number of non-ortho nitro benzene ring substituents is 1. The number of anilines is 1. The molecule has 0 aliphatic rings. The first-order valence-electron chi connectivity index (χ1n) is 9.89. The van der Waals surface area contributed by atoms with Gasteiger partial charge in [0, 0.05) is 24.4 Å². The van der Waals surface area contributed by atoms with Crippen LogP contribution in [0.4, 0.5) is 11.4 Å². The number of nitrogens with one attached hydrogen (secondary N) is 1. The normalized spacial score (nSPS) is 10.8. The smallest absolute Gasteiger partial charge is 0.419 e. The molecule has 32 heavy (non-hydrogen) atoms. The molecule has 0 fully saturated rings. The summed E-state index contributed by atoms with van der Waals surface area (Å²) < 4.78 is 12.3. The number of hydrogen-bond donors (Lipinski definition) is 1. The third kappa shape index (κ3) is 4.51. The number of carbonyl (C=O) groups excluding carboxylic acids is 1. The Hall–Kier alpha value is -4.40. The number of nitro benzene ring substituents is 1. The molecule has 0 atom stereocenters. The SMILES string of the molecule is O=C(Nc1ccccc1)c1ccccc1OCCCn1c(=O)oc2ccc([N+](=O)[O-])cc21. The van der Waals surface area contributed by atoms with E-state index in [0.29, 0.717) is 28.9 Å². The van der Waals surface area contributed by atoms with Crippen molar-refractivity contribution in [1.29, 1.82) is 0 Å². The van der Waals surface area contributed by atoms with Gasteiger partial charge in [0.1, 0.15) is 5.75 Å². The average Bonchev–Trinajstić information content (AvgIpc) is 3.11. The average molecular weight is 433 g/mol. The Morgan fingerprint density at radius 2 is 1.81 bits per heavy atom. The molecule has 0 unspecified atom stereocenters. The molecule has 162 valence electrons. The third-order valence-corrected chi connectivity index (χ3v) is 4.81. The lowest BCUT2D eigenvalue weighted by molar-refractivity contribution is -0.384. The van der Waals surface area contributed by atoms with E-state index in [9.17, 15) is 19.7 Å². The minimum Gasteiger partial charge on any atom is -0.493 e. The molecule has 4 aromatic rings. The van der Waals surface area contributed by atoms with Gasteiger partial charge in [-0.25, -0.2) is 4.79 Å². The summed E-state index contributed by atoms with van der Waals surface area (Å²) in [5, 5.41) is 13.8. The van der Waals surface area contributed by atoms with E-state index in [1.165, 1.54) is 22.8 Å². The lowest BCUT2D eigenvalue weighted by Gasteiger charge is -2.12. The molecule has 0 saturated carbocycles. The second kappa shape index (κ2) is 9.17. The first-order valence-corrected chi connectivity index (χ1v) is 9.89. The monoisotopic (exact) mass is 433 g/mol. The molecular weight excluding hydrogens is 414 g/mol. The van der Waals surface area contributed by atoms with Crippen LogP contribution in [0.15, 0.2) is 82.0 Å². The molecule has 1 amide bonds. The van der Waals surface area contributed by atoms with Crippen LogP contribution >= 0.6 is 0 Å². The van der Waals surface area contributed by atoms with Crippen molar-refractivity contribution in [3.8, 4) is 5.75 Å². The zero-order chi connectivity index (χ0) is 22.5. The van der Waals surface area contributed by atoms with E-state index < -0.39 is 10.7 Å². The highest BCUT2D eigenvalue weighted by atomic mass is 16.6. The van der Waals surface area contributed by atoms with Gasteiger partial charge in [0.2, 0.25) is 0 Å². The first kappa shape index (κ1) is 20.9. The molecule has 0 aliphatic carbocycles. The number of nitro groups is 1. The number of amides is 1. The first-order chi connectivity index (χ1) is 15.5. The number of aromatic nitrogens is 1. The highest BCUT2D eigenvalue weighted by molar-refractivity contribution is 6.06. The van der Waals surface area contributed by atoms with Crippen molar-refractivity contribution in [3.63, 3.8) is 0 Å². The highest BCUT2D eigenvalue weighted by Gasteiger charge is 2.15. The molecule has 0 radical (unpaired) electrons. The number of hydrogen-bond acceptors (Lipinski definition) is 6.